The van der Waals surface area contributed by atoms with Gasteiger partial charge >= 0.3 is 0 Å². The molecule has 4 heteroatoms. The van der Waals surface area contributed by atoms with Gasteiger partial charge in [-0.05, 0) is 55.4 Å². The Labute approximate surface area is 206 Å². The molecule has 2 aromatic rings. The van der Waals surface area contributed by atoms with Crippen molar-refractivity contribution in [1.29, 1.82) is 0 Å². The van der Waals surface area contributed by atoms with Crippen molar-refractivity contribution in [2.24, 2.45) is 11.8 Å². The summed E-state index contributed by atoms with van der Waals surface area (Å²) in [6.45, 7) is 5.39. The highest BCUT2D eigenvalue weighted by molar-refractivity contribution is 7.14. The van der Waals surface area contributed by atoms with E-state index in [9.17, 15) is 0 Å². The third kappa shape index (κ3) is 9.76. The largest absolute Gasteiger partial charge is 0.494 e. The molecule has 1 heterocycles. The molecule has 0 unspecified atom stereocenters. The molecule has 0 saturated heterocycles. The number of benzene rings is 1. The highest BCUT2D eigenvalue weighted by Gasteiger charge is 2.20. The molecule has 1 saturated carbocycles. The van der Waals surface area contributed by atoms with Crippen LogP contribution in [0.3, 0.4) is 0 Å². The van der Waals surface area contributed by atoms with E-state index in [0.29, 0.717) is 0 Å². The van der Waals surface area contributed by atoms with Crippen LogP contribution in [0.25, 0.3) is 10.6 Å². The third-order valence-electron chi connectivity index (χ3n) is 7.27. The Kier molecular flexibility index (Phi) is 12.3. The van der Waals surface area contributed by atoms with Crippen molar-refractivity contribution in [2.45, 2.75) is 117 Å². The number of hydrogen-bond donors (Lipinski definition) is 0. The summed E-state index contributed by atoms with van der Waals surface area (Å²) in [6, 6.07) is 8.42. The van der Waals surface area contributed by atoms with Crippen LogP contribution in [-0.4, -0.2) is 16.8 Å². The van der Waals surface area contributed by atoms with E-state index in [4.69, 9.17) is 4.74 Å². The van der Waals surface area contributed by atoms with Crippen molar-refractivity contribution in [2.75, 3.05) is 6.61 Å². The Morgan fingerprint density at radius 3 is 2.09 bits per heavy atom. The second-order valence-corrected chi connectivity index (χ2v) is 11.1. The SMILES string of the molecule is CCCCCCCc1nnc(-c2ccc(OCCCC3CCC(CCCCC)CC3)cc2)s1. The molecule has 3 rings (SSSR count). The molecule has 1 aliphatic rings. The summed E-state index contributed by atoms with van der Waals surface area (Å²) in [4.78, 5) is 0. The Morgan fingerprint density at radius 2 is 1.39 bits per heavy atom. The number of nitrogens with zero attached hydrogens (tertiary/aromatic N) is 2. The summed E-state index contributed by atoms with van der Waals surface area (Å²) >= 11 is 1.74. The van der Waals surface area contributed by atoms with Crippen molar-refractivity contribution in [3.8, 4) is 16.3 Å². The first-order valence-electron chi connectivity index (χ1n) is 13.8. The van der Waals surface area contributed by atoms with E-state index in [1.165, 1.54) is 96.3 Å². The van der Waals surface area contributed by atoms with E-state index in [0.717, 1.165) is 46.2 Å². The van der Waals surface area contributed by atoms with Gasteiger partial charge in [-0.2, -0.15) is 0 Å². The lowest BCUT2D eigenvalue weighted by atomic mass is 9.78. The summed E-state index contributed by atoms with van der Waals surface area (Å²) in [5.41, 5.74) is 1.15. The summed E-state index contributed by atoms with van der Waals surface area (Å²) in [5, 5.41) is 11.0. The average Bonchev–Trinajstić information content (AvgIpc) is 3.32. The third-order valence-corrected chi connectivity index (χ3v) is 8.30. The van der Waals surface area contributed by atoms with Gasteiger partial charge in [0.1, 0.15) is 15.8 Å². The lowest BCUT2D eigenvalue weighted by molar-refractivity contribution is 0.228. The number of ether oxygens (including phenoxy) is 1. The van der Waals surface area contributed by atoms with E-state index < -0.39 is 0 Å². The van der Waals surface area contributed by atoms with Crippen LogP contribution in [0.1, 0.15) is 115 Å². The molecule has 0 N–H and O–H groups in total. The highest BCUT2D eigenvalue weighted by atomic mass is 32.1. The average molecular weight is 471 g/mol. The summed E-state index contributed by atoms with van der Waals surface area (Å²) in [7, 11) is 0. The quantitative estimate of drug-likeness (QED) is 0.229. The van der Waals surface area contributed by atoms with Gasteiger partial charge in [-0.25, -0.2) is 0 Å². The van der Waals surface area contributed by atoms with Gasteiger partial charge in [-0.15, -0.1) is 10.2 Å². The monoisotopic (exact) mass is 470 g/mol. The second kappa shape index (κ2) is 15.5. The Morgan fingerprint density at radius 1 is 0.758 bits per heavy atom. The van der Waals surface area contributed by atoms with Crippen LogP contribution in [0.5, 0.6) is 5.75 Å². The lowest BCUT2D eigenvalue weighted by Crippen LogP contribution is -2.15. The van der Waals surface area contributed by atoms with Gasteiger partial charge in [-0.1, -0.05) is 102 Å². The number of hydrogen-bond acceptors (Lipinski definition) is 4. The van der Waals surface area contributed by atoms with Crippen molar-refractivity contribution < 1.29 is 4.74 Å². The number of rotatable bonds is 16. The first-order valence-corrected chi connectivity index (χ1v) is 14.7. The van der Waals surface area contributed by atoms with Crippen LogP contribution in [0.4, 0.5) is 0 Å². The van der Waals surface area contributed by atoms with Gasteiger partial charge < -0.3 is 4.74 Å². The fraction of sp³-hybridized carbons (Fsp3) is 0.724. The predicted molar refractivity (Wildman–Crippen MR) is 142 cm³/mol. The van der Waals surface area contributed by atoms with Gasteiger partial charge in [0, 0.05) is 12.0 Å². The minimum atomic E-state index is 0.830. The van der Waals surface area contributed by atoms with E-state index in [1.54, 1.807) is 11.3 Å². The van der Waals surface area contributed by atoms with E-state index in [-0.39, 0.29) is 0 Å². The molecule has 0 radical (unpaired) electrons. The maximum atomic E-state index is 6.03. The fourth-order valence-electron chi connectivity index (χ4n) is 5.10. The van der Waals surface area contributed by atoms with Crippen LogP contribution < -0.4 is 4.74 Å². The zero-order valence-corrected chi connectivity index (χ0v) is 22.0. The second-order valence-electron chi connectivity index (χ2n) is 10.1. The van der Waals surface area contributed by atoms with E-state index >= 15 is 0 Å². The zero-order chi connectivity index (χ0) is 23.1. The molecular formula is C29H46N2OS. The topological polar surface area (TPSA) is 35.0 Å². The predicted octanol–water partition coefficient (Wildman–Crippen LogP) is 9.26. The van der Waals surface area contributed by atoms with Crippen molar-refractivity contribution in [1.82, 2.24) is 10.2 Å². The van der Waals surface area contributed by atoms with Crippen LogP contribution in [0, 0.1) is 11.8 Å². The van der Waals surface area contributed by atoms with Crippen LogP contribution >= 0.6 is 11.3 Å². The standard InChI is InChI=1S/C29H46N2OS/c1-3-5-7-8-10-14-28-30-31-29(33-28)26-19-21-27(22-20-26)32-23-11-13-25-17-15-24(16-18-25)12-9-6-4-2/h19-22,24-25H,3-18,23H2,1-2H3. The number of unbranched alkanes of at least 4 members (excludes halogenated alkanes) is 6. The fourth-order valence-corrected chi connectivity index (χ4v) is 5.99. The maximum Gasteiger partial charge on any atom is 0.147 e. The normalized spacial score (nSPS) is 18.5. The first-order chi connectivity index (χ1) is 16.3. The molecule has 184 valence electrons. The van der Waals surface area contributed by atoms with Crippen molar-refractivity contribution in [3.63, 3.8) is 0 Å². The molecule has 0 spiro atoms. The Bertz CT molecular complexity index is 749. The molecule has 0 aliphatic heterocycles. The minimum Gasteiger partial charge on any atom is -0.494 e. The molecule has 0 bridgehead atoms. The smallest absolute Gasteiger partial charge is 0.147 e. The molecular weight excluding hydrogens is 424 g/mol. The summed E-state index contributed by atoms with van der Waals surface area (Å²) in [6.07, 6.45) is 21.5. The van der Waals surface area contributed by atoms with Gasteiger partial charge in [0.2, 0.25) is 0 Å². The van der Waals surface area contributed by atoms with Gasteiger partial charge in [0.15, 0.2) is 0 Å². The van der Waals surface area contributed by atoms with Crippen LogP contribution in [-0.2, 0) is 6.42 Å². The number of aromatic nitrogens is 2. The number of aryl methyl sites for hydroxylation is 1. The van der Waals surface area contributed by atoms with E-state index in [2.05, 4.69) is 48.3 Å². The van der Waals surface area contributed by atoms with Gasteiger partial charge in [0.25, 0.3) is 0 Å². The maximum absolute atomic E-state index is 6.03. The Balaban J connectivity index is 1.30. The van der Waals surface area contributed by atoms with Crippen LogP contribution in [0.2, 0.25) is 0 Å². The molecule has 3 nitrogen and oxygen atoms in total. The Hall–Kier alpha value is -1.42. The molecule has 1 aromatic carbocycles. The van der Waals surface area contributed by atoms with Crippen molar-refractivity contribution >= 4 is 11.3 Å². The van der Waals surface area contributed by atoms with Crippen molar-refractivity contribution in [3.05, 3.63) is 29.3 Å². The highest BCUT2D eigenvalue weighted by Crippen LogP contribution is 2.34. The molecule has 1 aromatic heterocycles. The molecule has 1 fully saturated rings. The molecule has 0 atom stereocenters. The first kappa shape index (κ1) is 26.2. The van der Waals surface area contributed by atoms with E-state index in [1.807, 2.05) is 0 Å². The zero-order valence-electron chi connectivity index (χ0n) is 21.2. The van der Waals surface area contributed by atoms with Gasteiger partial charge in [0.05, 0.1) is 6.61 Å². The summed E-state index contributed by atoms with van der Waals surface area (Å²) < 4.78 is 6.03. The molecule has 0 amide bonds. The minimum absolute atomic E-state index is 0.830. The molecule has 33 heavy (non-hydrogen) atoms. The van der Waals surface area contributed by atoms with Gasteiger partial charge in [-0.3, -0.25) is 0 Å². The lowest BCUT2D eigenvalue weighted by Gasteiger charge is -2.28. The molecule has 1 aliphatic carbocycles. The van der Waals surface area contributed by atoms with Crippen LogP contribution in [0.15, 0.2) is 24.3 Å². The summed E-state index contributed by atoms with van der Waals surface area (Å²) in [5.74, 6) is 2.91.